The molecule has 0 radical (unpaired) electrons. The molecule has 0 saturated heterocycles. The molecule has 7 heteroatoms. The van der Waals surface area contributed by atoms with Crippen molar-refractivity contribution in [3.05, 3.63) is 82.4 Å². The zero-order valence-corrected chi connectivity index (χ0v) is 21.3. The molecule has 3 rings (SSSR count). The van der Waals surface area contributed by atoms with Gasteiger partial charge in [0.2, 0.25) is 0 Å². The van der Waals surface area contributed by atoms with E-state index in [0.717, 1.165) is 30.6 Å². The smallest absolute Gasteiger partial charge is 0.192 e. The second-order valence-corrected chi connectivity index (χ2v) is 7.71. The lowest BCUT2D eigenvalue weighted by Gasteiger charge is -2.19. The summed E-state index contributed by atoms with van der Waals surface area (Å²) in [6.45, 7) is 9.70. The number of aryl methyl sites for hydroxylation is 3. The molecule has 3 aromatic rings. The van der Waals surface area contributed by atoms with Gasteiger partial charge in [0.1, 0.15) is 12.4 Å². The molecule has 1 aromatic heterocycles. The molecule has 0 bridgehead atoms. The van der Waals surface area contributed by atoms with E-state index >= 15 is 0 Å². The number of nitrogens with zero attached hydrogens (tertiary/aromatic N) is 4. The maximum absolute atomic E-state index is 4.78. The number of guanidine groups is 1. The van der Waals surface area contributed by atoms with Crippen LogP contribution in [-0.2, 0) is 20.0 Å². The van der Waals surface area contributed by atoms with Gasteiger partial charge in [-0.25, -0.2) is 4.99 Å². The van der Waals surface area contributed by atoms with E-state index in [1.165, 1.54) is 22.3 Å². The average Bonchev–Trinajstić information content (AvgIpc) is 3.06. The molecule has 31 heavy (non-hydrogen) atoms. The van der Waals surface area contributed by atoms with Crippen LogP contribution in [0.25, 0.3) is 0 Å². The number of nitrogens with one attached hydrogen (secondary N) is 2. The van der Waals surface area contributed by atoms with Gasteiger partial charge in [-0.2, -0.15) is 0 Å². The molecule has 166 valence electrons. The lowest BCUT2D eigenvalue weighted by Crippen LogP contribution is -2.40. The van der Waals surface area contributed by atoms with Gasteiger partial charge in [-0.3, -0.25) is 0 Å². The van der Waals surface area contributed by atoms with Crippen molar-refractivity contribution in [1.29, 1.82) is 0 Å². The molecule has 2 aromatic carbocycles. The number of halogens is 1. The third-order valence-electron chi connectivity index (χ3n) is 5.53. The largest absolute Gasteiger partial charge is 0.356 e. The van der Waals surface area contributed by atoms with Crippen molar-refractivity contribution < 1.29 is 0 Å². The Morgan fingerprint density at radius 3 is 2.29 bits per heavy atom. The molecule has 0 saturated carbocycles. The van der Waals surface area contributed by atoms with Crippen molar-refractivity contribution in [1.82, 2.24) is 25.4 Å². The van der Waals surface area contributed by atoms with Gasteiger partial charge in [0.25, 0.3) is 0 Å². The molecule has 0 amide bonds. The second kappa shape index (κ2) is 11.8. The monoisotopic (exact) mass is 532 g/mol. The normalized spacial score (nSPS) is 12.2. The number of benzene rings is 2. The van der Waals surface area contributed by atoms with Crippen LogP contribution < -0.4 is 10.6 Å². The van der Waals surface area contributed by atoms with Crippen LogP contribution >= 0.6 is 24.0 Å². The fourth-order valence-corrected chi connectivity index (χ4v) is 3.47. The van der Waals surface area contributed by atoms with Gasteiger partial charge in [0, 0.05) is 13.6 Å². The number of aliphatic imine (C=N–C) groups is 1. The Morgan fingerprint density at radius 2 is 1.68 bits per heavy atom. The van der Waals surface area contributed by atoms with Gasteiger partial charge in [-0.15, -0.1) is 34.2 Å². The van der Waals surface area contributed by atoms with Crippen molar-refractivity contribution >= 4 is 29.9 Å². The summed E-state index contributed by atoms with van der Waals surface area (Å²) in [5, 5.41) is 15.4. The minimum Gasteiger partial charge on any atom is -0.356 e. The van der Waals surface area contributed by atoms with Gasteiger partial charge in [-0.05, 0) is 56.4 Å². The van der Waals surface area contributed by atoms with Crippen molar-refractivity contribution in [2.75, 3.05) is 6.54 Å². The molecular weight excluding hydrogens is 499 g/mol. The maximum atomic E-state index is 4.78. The van der Waals surface area contributed by atoms with Gasteiger partial charge in [0.15, 0.2) is 11.8 Å². The molecule has 2 N–H and O–H groups in total. The van der Waals surface area contributed by atoms with Crippen LogP contribution in [0.3, 0.4) is 0 Å². The summed E-state index contributed by atoms with van der Waals surface area (Å²) in [6.07, 6.45) is 0.946. The van der Waals surface area contributed by atoms with E-state index in [0.29, 0.717) is 6.54 Å². The summed E-state index contributed by atoms with van der Waals surface area (Å²) < 4.78 is 1.97. The van der Waals surface area contributed by atoms with Crippen LogP contribution in [0.1, 0.15) is 46.9 Å². The third-order valence-corrected chi connectivity index (χ3v) is 5.53. The van der Waals surface area contributed by atoms with E-state index in [-0.39, 0.29) is 30.0 Å². The minimum atomic E-state index is 0. The third kappa shape index (κ3) is 6.78. The highest BCUT2D eigenvalue weighted by Crippen LogP contribution is 2.14. The lowest BCUT2D eigenvalue weighted by molar-refractivity contribution is 0.675. The van der Waals surface area contributed by atoms with Crippen LogP contribution in [0.15, 0.2) is 53.5 Å². The van der Waals surface area contributed by atoms with Gasteiger partial charge in [0.05, 0.1) is 6.04 Å². The number of rotatable bonds is 7. The molecule has 0 spiro atoms. The standard InChI is InChI=1S/C24H32N6.HI/c1-17-10-9-11-18(2)22(17)14-15-25-24(26-16-23-29-28-20(4)30(23)5)27-19(3)21-12-7-6-8-13-21;/h6-13,19H,14-16H2,1-5H3,(H2,25,26,27);1H. The van der Waals surface area contributed by atoms with E-state index in [9.17, 15) is 0 Å². The highest BCUT2D eigenvalue weighted by Gasteiger charge is 2.10. The predicted octanol–water partition coefficient (Wildman–Crippen LogP) is 4.40. The highest BCUT2D eigenvalue weighted by atomic mass is 127. The summed E-state index contributed by atoms with van der Waals surface area (Å²) in [5.74, 6) is 2.50. The number of hydrogen-bond acceptors (Lipinski definition) is 3. The summed E-state index contributed by atoms with van der Waals surface area (Å²) >= 11 is 0. The molecule has 0 aliphatic heterocycles. The second-order valence-electron chi connectivity index (χ2n) is 7.71. The van der Waals surface area contributed by atoms with Crippen LogP contribution in [0.4, 0.5) is 0 Å². The summed E-state index contributed by atoms with van der Waals surface area (Å²) in [5.41, 5.74) is 5.27. The molecule has 1 heterocycles. The Bertz CT molecular complexity index is 976. The first-order chi connectivity index (χ1) is 14.5. The molecular formula is C24H33IN6. The quantitative estimate of drug-likeness (QED) is 0.269. The van der Waals surface area contributed by atoms with E-state index in [4.69, 9.17) is 4.99 Å². The van der Waals surface area contributed by atoms with Crippen molar-refractivity contribution in [3.63, 3.8) is 0 Å². The highest BCUT2D eigenvalue weighted by molar-refractivity contribution is 14.0. The van der Waals surface area contributed by atoms with Crippen LogP contribution in [0, 0.1) is 20.8 Å². The average molecular weight is 532 g/mol. The molecule has 0 aliphatic carbocycles. The van der Waals surface area contributed by atoms with Gasteiger partial charge >= 0.3 is 0 Å². The Hall–Kier alpha value is -2.42. The lowest BCUT2D eigenvalue weighted by atomic mass is 10.0. The van der Waals surface area contributed by atoms with E-state index < -0.39 is 0 Å². The van der Waals surface area contributed by atoms with Gasteiger partial charge in [-0.1, -0.05) is 48.5 Å². The first-order valence-electron chi connectivity index (χ1n) is 10.5. The van der Waals surface area contributed by atoms with Crippen molar-refractivity contribution in [2.24, 2.45) is 12.0 Å². The summed E-state index contributed by atoms with van der Waals surface area (Å²) in [4.78, 5) is 4.78. The first-order valence-corrected chi connectivity index (χ1v) is 10.5. The van der Waals surface area contributed by atoms with Crippen LogP contribution in [0.5, 0.6) is 0 Å². The predicted molar refractivity (Wildman–Crippen MR) is 138 cm³/mol. The Morgan fingerprint density at radius 1 is 1.00 bits per heavy atom. The van der Waals surface area contributed by atoms with Gasteiger partial charge < -0.3 is 15.2 Å². The number of hydrogen-bond donors (Lipinski definition) is 2. The SMILES string of the molecule is Cc1cccc(C)c1CCNC(=NCc1nnc(C)n1C)NC(C)c1ccccc1.I. The fourth-order valence-electron chi connectivity index (χ4n) is 3.47. The maximum Gasteiger partial charge on any atom is 0.192 e. The zero-order chi connectivity index (χ0) is 21.5. The van der Waals surface area contributed by atoms with Crippen molar-refractivity contribution in [2.45, 2.75) is 46.7 Å². The molecule has 0 fully saturated rings. The Kier molecular flexibility index (Phi) is 9.48. The molecule has 1 atom stereocenters. The fraction of sp³-hybridized carbons (Fsp3) is 0.375. The van der Waals surface area contributed by atoms with Crippen LogP contribution in [0.2, 0.25) is 0 Å². The van der Waals surface area contributed by atoms with Crippen LogP contribution in [-0.4, -0.2) is 27.3 Å². The topological polar surface area (TPSA) is 67.1 Å². The van der Waals surface area contributed by atoms with E-state index in [1.807, 2.05) is 24.6 Å². The van der Waals surface area contributed by atoms with Crippen molar-refractivity contribution in [3.8, 4) is 0 Å². The Labute approximate surface area is 202 Å². The first kappa shape index (κ1) is 24.8. The van der Waals surface area contributed by atoms with E-state index in [2.05, 4.69) is 84.1 Å². The molecule has 0 aliphatic rings. The molecule has 6 nitrogen and oxygen atoms in total. The minimum absolute atomic E-state index is 0. The summed E-state index contributed by atoms with van der Waals surface area (Å²) in [6, 6.07) is 17.0. The Balaban J connectivity index is 0.00000341. The van der Waals surface area contributed by atoms with E-state index in [1.54, 1.807) is 0 Å². The number of aromatic nitrogens is 3. The summed E-state index contributed by atoms with van der Waals surface area (Å²) in [7, 11) is 1.97. The zero-order valence-electron chi connectivity index (χ0n) is 19.0. The molecule has 1 unspecified atom stereocenters.